The summed E-state index contributed by atoms with van der Waals surface area (Å²) in [4.78, 5) is 45.1. The third-order valence-electron chi connectivity index (χ3n) is 24.6. The standard InChI is InChI=1S/C40H26N4.C24H16N2.2C18H14N.2C14H15N2.3Ir/c1-5-19-37-31(15-1)32-16-2-6-20-38(32)43(37)29-13-9-11-27(23-29)35-25-36(42-26-41-35)28-12-10-14-30(24-28)44-39-21-7-3-17-33(39)34-18-4-8-22-40(34)44;1-3-7-17(8-4-1)19-13-15-25-23-21(19)11-12-22-20(14-16-26-24(22)23)18-9-5-2-6-10-18;2*1-14-12-18(16-10-6-3-7-11-16)19-13-17(14)15-8-4-2-5-9-15;2*1-14(2,3)13-9-12(15-10-16-13)11-7-5-4-6-8-11;;;/h1-26H;1-16H;2*2-10,12-13H,1H3;2*4-7,9-10H,1-3H3;;;/q;;4*-1;;;. The smallest absolute Gasteiger partial charge is 0.116 e. The fraction of sp³-hybridized carbons (Fsp3) is 0.0781. The second kappa shape index (κ2) is 46.5. The largest absolute Gasteiger partial charge is 0.309 e. The molecule has 0 fully saturated rings. The minimum atomic E-state index is 0. The molecule has 24 aromatic rings. The second-order valence-electron chi connectivity index (χ2n) is 36.1. The van der Waals surface area contributed by atoms with Gasteiger partial charge in [0.2, 0.25) is 0 Å². The number of hydrogen-bond donors (Lipinski definition) is 0. The summed E-state index contributed by atoms with van der Waals surface area (Å²) in [6, 6.07) is 156. The van der Waals surface area contributed by atoms with E-state index in [2.05, 4.69) is 390 Å². The summed E-state index contributed by atoms with van der Waals surface area (Å²) in [5.74, 6) is 0. The van der Waals surface area contributed by atoms with Crippen molar-refractivity contribution in [3.63, 3.8) is 0 Å². The molecule has 9 aromatic heterocycles. The van der Waals surface area contributed by atoms with Gasteiger partial charge in [-0.15, -0.1) is 144 Å². The van der Waals surface area contributed by atoms with E-state index in [1.807, 2.05) is 183 Å². The minimum absolute atomic E-state index is 0. The van der Waals surface area contributed by atoms with Crippen LogP contribution in [0.3, 0.4) is 0 Å². The fourth-order valence-corrected chi connectivity index (χ4v) is 17.5. The van der Waals surface area contributed by atoms with Crippen molar-refractivity contribution in [1.82, 2.24) is 59.0 Å². The molecule has 0 aliphatic carbocycles. The Kier molecular flexibility index (Phi) is 32.6. The maximum atomic E-state index is 4.71. The van der Waals surface area contributed by atoms with E-state index >= 15 is 0 Å². The minimum Gasteiger partial charge on any atom is -0.309 e. The molecule has 9 heterocycles. The Hall–Kier alpha value is -15.8. The van der Waals surface area contributed by atoms with Crippen LogP contribution in [-0.2, 0) is 71.1 Å². The Morgan fingerprint density at radius 3 is 0.804 bits per heavy atom. The molecule has 143 heavy (non-hydrogen) atoms. The fourth-order valence-electron chi connectivity index (χ4n) is 17.5. The van der Waals surface area contributed by atoms with Gasteiger partial charge in [-0.25, -0.2) is 19.9 Å². The van der Waals surface area contributed by atoms with Crippen LogP contribution in [-0.4, -0.2) is 59.0 Å². The van der Waals surface area contributed by atoms with Gasteiger partial charge in [-0.2, -0.15) is 0 Å². The molecule has 0 spiro atoms. The van der Waals surface area contributed by atoms with E-state index < -0.39 is 0 Å². The molecule has 0 N–H and O–H groups in total. The summed E-state index contributed by atoms with van der Waals surface area (Å²) < 4.78 is 4.68. The maximum absolute atomic E-state index is 4.71. The molecule has 15 heteroatoms. The number of para-hydroxylation sites is 4. The van der Waals surface area contributed by atoms with Gasteiger partial charge in [0, 0.05) is 173 Å². The zero-order valence-electron chi connectivity index (χ0n) is 80.2. The molecule has 12 nitrogen and oxygen atoms in total. The van der Waals surface area contributed by atoms with Crippen LogP contribution in [0.4, 0.5) is 0 Å². The Labute approximate surface area is 876 Å². The summed E-state index contributed by atoms with van der Waals surface area (Å²) >= 11 is 0. The third-order valence-corrected chi connectivity index (χ3v) is 24.6. The number of aromatic nitrogens is 12. The predicted molar refractivity (Wildman–Crippen MR) is 577 cm³/mol. The van der Waals surface area contributed by atoms with Crippen molar-refractivity contribution in [3.05, 3.63) is 509 Å². The molecular formula is C128H100Ir3N12-4. The summed E-state index contributed by atoms with van der Waals surface area (Å²) in [7, 11) is 0. The van der Waals surface area contributed by atoms with Gasteiger partial charge < -0.3 is 19.1 Å². The number of fused-ring (bicyclic) bond motifs is 9. The predicted octanol–water partition coefficient (Wildman–Crippen LogP) is 31.6. The number of rotatable bonds is 12. The molecule has 0 amide bonds. The van der Waals surface area contributed by atoms with Gasteiger partial charge in [0.1, 0.15) is 19.0 Å². The molecule has 15 aromatic carbocycles. The van der Waals surface area contributed by atoms with Crippen LogP contribution >= 0.6 is 0 Å². The van der Waals surface area contributed by atoms with Crippen LogP contribution in [0.25, 0.3) is 189 Å². The Morgan fingerprint density at radius 1 is 0.217 bits per heavy atom. The second-order valence-corrected chi connectivity index (χ2v) is 36.1. The SMILES string of the molecule is CC(C)(C)c1cc(-c2[c-]cccc2)ncn1.CC(C)(C)c1cc(-c2[c-]cccc2)ncn1.Cc1cc(-c2[c-]cccc2)ncc1-c1ccccc1.Cc1cc(-c2[c-]cccc2)ncc1-c1ccccc1.[Ir].[Ir].[Ir].c1cc(-c2cc(-c3cccc(-n4c5ccccc5c5ccccc54)c3)ncn2)cc(-n2c3ccccc3c3ccccc32)c1.c1ccc(-c2ccnc3c2ccc2c(-c4ccccc4)ccnc23)cc1. The van der Waals surface area contributed by atoms with Crippen molar-refractivity contribution >= 4 is 65.4 Å². The van der Waals surface area contributed by atoms with Crippen LogP contribution in [0.1, 0.15) is 64.1 Å². The molecule has 0 unspecified atom stereocenters. The van der Waals surface area contributed by atoms with Crippen LogP contribution in [0.15, 0.2) is 462 Å². The first-order valence-electron chi connectivity index (χ1n) is 46.9. The number of aryl methyl sites for hydroxylation is 2. The summed E-state index contributed by atoms with van der Waals surface area (Å²) in [6.45, 7) is 17.1. The summed E-state index contributed by atoms with van der Waals surface area (Å²) in [6.07, 6.45) is 12.6. The molecule has 0 aliphatic rings. The van der Waals surface area contributed by atoms with Gasteiger partial charge in [-0.3, -0.25) is 19.9 Å². The van der Waals surface area contributed by atoms with Crippen molar-refractivity contribution in [2.24, 2.45) is 0 Å². The van der Waals surface area contributed by atoms with Crippen molar-refractivity contribution in [3.8, 4) is 123 Å². The normalized spacial score (nSPS) is 10.9. The number of nitrogens with zero attached hydrogens (tertiary/aromatic N) is 12. The topological polar surface area (TPSA) is 139 Å². The first-order valence-corrected chi connectivity index (χ1v) is 46.9. The number of benzene rings is 15. The Morgan fingerprint density at radius 2 is 0.497 bits per heavy atom. The van der Waals surface area contributed by atoms with Crippen LogP contribution in [0.2, 0.25) is 0 Å². The molecule has 0 aliphatic heterocycles. The molecule has 703 valence electrons. The average molecular weight is 2380 g/mol. The number of pyridine rings is 4. The van der Waals surface area contributed by atoms with Gasteiger partial charge in [0.25, 0.3) is 0 Å². The number of hydrogen-bond acceptors (Lipinski definition) is 10. The quantitative estimate of drug-likeness (QED) is 0.0858. The van der Waals surface area contributed by atoms with E-state index in [0.29, 0.717) is 0 Å². The van der Waals surface area contributed by atoms with E-state index in [1.165, 1.54) is 99.2 Å². The van der Waals surface area contributed by atoms with Gasteiger partial charge >= 0.3 is 0 Å². The van der Waals surface area contributed by atoms with Crippen LogP contribution in [0, 0.1) is 38.1 Å². The molecular weight excluding hydrogens is 2280 g/mol. The van der Waals surface area contributed by atoms with Crippen molar-refractivity contribution in [2.75, 3.05) is 0 Å². The molecule has 0 saturated heterocycles. The molecule has 0 saturated carbocycles. The Bertz CT molecular complexity index is 7800. The van der Waals surface area contributed by atoms with Crippen LogP contribution < -0.4 is 0 Å². The van der Waals surface area contributed by atoms with Gasteiger partial charge in [0.15, 0.2) is 0 Å². The molecule has 0 bridgehead atoms. The van der Waals surface area contributed by atoms with E-state index in [0.717, 1.165) is 112 Å². The molecule has 3 radical (unpaired) electrons. The monoisotopic (exact) mass is 2380 g/mol. The van der Waals surface area contributed by atoms with Crippen molar-refractivity contribution in [1.29, 1.82) is 0 Å². The average Bonchev–Trinajstić information content (AvgIpc) is 1.55. The van der Waals surface area contributed by atoms with Crippen molar-refractivity contribution in [2.45, 2.75) is 66.2 Å². The molecule has 0 atom stereocenters. The van der Waals surface area contributed by atoms with Gasteiger partial charge in [-0.05, 0) is 148 Å². The first-order chi connectivity index (χ1) is 68.6. The van der Waals surface area contributed by atoms with E-state index in [1.54, 1.807) is 19.0 Å². The third kappa shape index (κ3) is 23.3. The zero-order valence-corrected chi connectivity index (χ0v) is 87.4. The summed E-state index contributed by atoms with van der Waals surface area (Å²) in [5, 5.41) is 7.26. The Balaban J connectivity index is 0.000000129. The van der Waals surface area contributed by atoms with Crippen molar-refractivity contribution < 1.29 is 60.3 Å². The molecule has 24 rings (SSSR count). The summed E-state index contributed by atoms with van der Waals surface area (Å²) in [5.41, 5.74) is 34.8. The van der Waals surface area contributed by atoms with E-state index in [-0.39, 0.29) is 71.1 Å². The maximum Gasteiger partial charge on any atom is 0.116 e. The van der Waals surface area contributed by atoms with E-state index in [9.17, 15) is 0 Å². The first kappa shape index (κ1) is 100. The van der Waals surface area contributed by atoms with Gasteiger partial charge in [0.05, 0.1) is 44.5 Å². The van der Waals surface area contributed by atoms with Gasteiger partial charge in [-0.1, -0.05) is 296 Å². The van der Waals surface area contributed by atoms with Crippen LogP contribution in [0.5, 0.6) is 0 Å². The van der Waals surface area contributed by atoms with E-state index in [4.69, 9.17) is 9.97 Å². The zero-order chi connectivity index (χ0) is 95.7.